The van der Waals surface area contributed by atoms with Crippen LogP contribution < -0.4 is 4.72 Å². The molecule has 0 atom stereocenters. The molecular weight excluding hydrogens is 399 g/mol. The van der Waals surface area contributed by atoms with Crippen molar-refractivity contribution in [1.29, 1.82) is 0 Å². The minimum Gasteiger partial charge on any atom is -0.329 e. The van der Waals surface area contributed by atoms with E-state index >= 15 is 0 Å². The maximum Gasteiger partial charge on any atom is 0.416 e. The van der Waals surface area contributed by atoms with Gasteiger partial charge < -0.3 is 4.57 Å². The first-order valence-electron chi connectivity index (χ1n) is 7.61. The van der Waals surface area contributed by atoms with Gasteiger partial charge in [-0.25, -0.2) is 13.4 Å². The van der Waals surface area contributed by atoms with Gasteiger partial charge in [-0.3, -0.25) is 4.72 Å². The number of aryl methyl sites for hydroxylation is 1. The summed E-state index contributed by atoms with van der Waals surface area (Å²) in [6, 6.07) is 10.1. The van der Waals surface area contributed by atoms with E-state index in [9.17, 15) is 21.6 Å². The van der Waals surface area contributed by atoms with E-state index < -0.39 is 21.8 Å². The number of aromatic nitrogens is 2. The van der Waals surface area contributed by atoms with Crippen LogP contribution in [0.2, 0.25) is 0 Å². The molecule has 1 heterocycles. The molecule has 0 fully saturated rings. The van der Waals surface area contributed by atoms with Gasteiger partial charge in [-0.1, -0.05) is 12.1 Å². The number of alkyl halides is 3. The number of hydrogen-bond donors (Lipinski definition) is 1. The van der Waals surface area contributed by atoms with Crippen LogP contribution in [0.5, 0.6) is 0 Å². The maximum atomic E-state index is 12.7. The van der Waals surface area contributed by atoms with E-state index in [2.05, 4.69) is 9.71 Å². The van der Waals surface area contributed by atoms with Crippen molar-refractivity contribution in [3.63, 3.8) is 0 Å². The fourth-order valence-electron chi connectivity index (χ4n) is 2.22. The van der Waals surface area contributed by atoms with Gasteiger partial charge in [0.1, 0.15) is 0 Å². The van der Waals surface area contributed by atoms with Gasteiger partial charge in [-0.05, 0) is 48.2 Å². The lowest BCUT2D eigenvalue weighted by Gasteiger charge is -2.13. The molecule has 1 N–H and O–H groups in total. The first-order chi connectivity index (χ1) is 12.7. The number of sulfonamides is 1. The first-order valence-corrected chi connectivity index (χ1v) is 9.91. The molecule has 1 aromatic heterocycles. The second-order valence-corrected chi connectivity index (χ2v) is 8.24. The number of rotatable bonds is 5. The highest BCUT2D eigenvalue weighted by atomic mass is 32.2. The van der Waals surface area contributed by atoms with Crippen molar-refractivity contribution in [2.45, 2.75) is 21.1 Å². The molecule has 0 radical (unpaired) electrons. The van der Waals surface area contributed by atoms with Gasteiger partial charge in [0.25, 0.3) is 10.0 Å². The molecule has 3 aromatic rings. The van der Waals surface area contributed by atoms with Crippen molar-refractivity contribution < 1.29 is 21.6 Å². The van der Waals surface area contributed by atoms with Crippen molar-refractivity contribution in [3.8, 4) is 0 Å². The molecule has 0 aliphatic carbocycles. The molecule has 3 rings (SSSR count). The van der Waals surface area contributed by atoms with E-state index in [0.717, 1.165) is 24.3 Å². The molecule has 0 spiro atoms. The summed E-state index contributed by atoms with van der Waals surface area (Å²) >= 11 is 1.27. The summed E-state index contributed by atoms with van der Waals surface area (Å²) in [6.45, 7) is 0. The molecular formula is C17H14F3N3O2S2. The molecule has 0 amide bonds. The number of nitrogens with one attached hydrogen (secondary N) is 1. The van der Waals surface area contributed by atoms with E-state index in [4.69, 9.17) is 0 Å². The third kappa shape index (κ3) is 4.45. The van der Waals surface area contributed by atoms with Crippen LogP contribution in [0.3, 0.4) is 0 Å². The van der Waals surface area contributed by atoms with Crippen molar-refractivity contribution in [2.75, 3.05) is 4.72 Å². The monoisotopic (exact) mass is 413 g/mol. The summed E-state index contributed by atoms with van der Waals surface area (Å²) in [5, 5.41) is 0.663. The number of benzene rings is 2. The molecule has 0 aliphatic heterocycles. The highest BCUT2D eigenvalue weighted by Gasteiger charge is 2.30. The smallest absolute Gasteiger partial charge is 0.329 e. The van der Waals surface area contributed by atoms with Crippen LogP contribution >= 0.6 is 11.8 Å². The third-order valence-electron chi connectivity index (χ3n) is 3.60. The zero-order valence-electron chi connectivity index (χ0n) is 13.9. The Morgan fingerprint density at radius 2 is 1.74 bits per heavy atom. The van der Waals surface area contributed by atoms with Gasteiger partial charge in [0, 0.05) is 24.3 Å². The maximum absolute atomic E-state index is 12.7. The van der Waals surface area contributed by atoms with Gasteiger partial charge in [0.15, 0.2) is 5.16 Å². The normalized spacial score (nSPS) is 12.1. The molecule has 142 valence electrons. The highest BCUT2D eigenvalue weighted by Crippen LogP contribution is 2.34. The van der Waals surface area contributed by atoms with Crippen LogP contribution in [0.4, 0.5) is 18.9 Å². The number of anilines is 1. The van der Waals surface area contributed by atoms with Crippen LogP contribution in [0, 0.1) is 0 Å². The summed E-state index contributed by atoms with van der Waals surface area (Å²) in [6.07, 6.45) is -1.14. The highest BCUT2D eigenvalue weighted by molar-refractivity contribution is 7.99. The van der Waals surface area contributed by atoms with Gasteiger partial charge in [0.05, 0.1) is 16.1 Å². The summed E-state index contributed by atoms with van der Waals surface area (Å²) in [5.41, 5.74) is -0.599. The lowest BCUT2D eigenvalue weighted by Crippen LogP contribution is -2.14. The lowest BCUT2D eigenvalue weighted by atomic mass is 10.2. The first kappa shape index (κ1) is 19.3. The molecule has 0 bridgehead atoms. The van der Waals surface area contributed by atoms with E-state index in [1.54, 1.807) is 41.2 Å². The van der Waals surface area contributed by atoms with E-state index in [0.29, 0.717) is 15.7 Å². The Balaban J connectivity index is 1.87. The fourth-order valence-corrected chi connectivity index (χ4v) is 4.25. The van der Waals surface area contributed by atoms with E-state index in [1.165, 1.54) is 11.8 Å². The van der Waals surface area contributed by atoms with E-state index in [1.807, 2.05) is 7.05 Å². The second kappa shape index (κ2) is 7.28. The molecule has 2 aromatic carbocycles. The SMILES string of the molecule is Cn1ccnc1Sc1ccccc1NS(=O)(=O)c1ccc(C(F)(F)F)cc1. The predicted molar refractivity (Wildman–Crippen MR) is 96.0 cm³/mol. The van der Waals surface area contributed by atoms with Crippen LogP contribution in [0.15, 0.2) is 75.9 Å². The molecule has 0 aliphatic rings. The minimum absolute atomic E-state index is 0.257. The quantitative estimate of drug-likeness (QED) is 0.674. The molecule has 0 saturated heterocycles. The van der Waals surface area contributed by atoms with Crippen molar-refractivity contribution in [2.24, 2.45) is 7.05 Å². The molecule has 27 heavy (non-hydrogen) atoms. The zero-order valence-corrected chi connectivity index (χ0v) is 15.6. The molecule has 10 heteroatoms. The van der Waals surface area contributed by atoms with Crippen molar-refractivity contribution >= 4 is 27.5 Å². The van der Waals surface area contributed by atoms with Gasteiger partial charge in [0.2, 0.25) is 0 Å². The number of nitrogens with zero attached hydrogens (tertiary/aromatic N) is 2. The third-order valence-corrected chi connectivity index (χ3v) is 6.13. The minimum atomic E-state index is -4.53. The van der Waals surface area contributed by atoms with Crippen LogP contribution in [-0.2, 0) is 23.2 Å². The zero-order chi connectivity index (χ0) is 19.7. The van der Waals surface area contributed by atoms with Crippen LogP contribution in [0.1, 0.15) is 5.56 Å². The Kier molecular flexibility index (Phi) is 5.20. The summed E-state index contributed by atoms with van der Waals surface area (Å²) < 4.78 is 67.3. The van der Waals surface area contributed by atoms with Crippen LogP contribution in [-0.4, -0.2) is 18.0 Å². The Morgan fingerprint density at radius 1 is 1.07 bits per heavy atom. The summed E-state index contributed by atoms with van der Waals surface area (Å²) in [5.74, 6) is 0. The number of para-hydroxylation sites is 1. The lowest BCUT2D eigenvalue weighted by molar-refractivity contribution is -0.137. The molecule has 0 saturated carbocycles. The van der Waals surface area contributed by atoms with E-state index in [-0.39, 0.29) is 4.90 Å². The number of hydrogen-bond acceptors (Lipinski definition) is 4. The van der Waals surface area contributed by atoms with Crippen molar-refractivity contribution in [3.05, 3.63) is 66.5 Å². The number of halogens is 3. The standard InChI is InChI=1S/C17H14F3N3O2S2/c1-23-11-10-21-16(23)26-15-5-3-2-4-14(15)22-27(24,25)13-8-6-12(7-9-13)17(18,19)20/h2-11,22H,1H3. The second-order valence-electron chi connectivity index (χ2n) is 5.55. The largest absolute Gasteiger partial charge is 0.416 e. The molecule has 0 unspecified atom stereocenters. The van der Waals surface area contributed by atoms with Gasteiger partial charge in [-0.15, -0.1) is 0 Å². The summed E-state index contributed by atoms with van der Waals surface area (Å²) in [7, 11) is -2.24. The summed E-state index contributed by atoms with van der Waals surface area (Å²) in [4.78, 5) is 4.54. The average Bonchev–Trinajstić information content (AvgIpc) is 3.01. The Bertz CT molecular complexity index is 1050. The Morgan fingerprint density at radius 3 is 2.33 bits per heavy atom. The predicted octanol–water partition coefficient (Wildman–Crippen LogP) is 4.39. The topological polar surface area (TPSA) is 64.0 Å². The van der Waals surface area contributed by atoms with Gasteiger partial charge in [-0.2, -0.15) is 13.2 Å². The van der Waals surface area contributed by atoms with Crippen molar-refractivity contribution in [1.82, 2.24) is 9.55 Å². The molecule has 5 nitrogen and oxygen atoms in total. The fraction of sp³-hybridized carbons (Fsp3) is 0.118. The Hall–Kier alpha value is -2.46. The Labute approximate surface area is 158 Å². The van der Waals surface area contributed by atoms with Crippen LogP contribution in [0.25, 0.3) is 0 Å². The van der Waals surface area contributed by atoms with Gasteiger partial charge >= 0.3 is 6.18 Å². The average molecular weight is 413 g/mol. The number of imidazole rings is 1.